The number of likely N-dealkylation sites (N-methyl/N-ethyl adjacent to an activating group) is 2. The van der Waals surface area contributed by atoms with Crippen LogP contribution in [0.3, 0.4) is 0 Å². The fourth-order valence-corrected chi connectivity index (χ4v) is 12.1. The van der Waals surface area contributed by atoms with Gasteiger partial charge in [-0.25, -0.2) is 0 Å². The number of fused-ring (bicyclic) bond motifs is 2. The van der Waals surface area contributed by atoms with Gasteiger partial charge in [-0.15, -0.1) is 0 Å². The van der Waals surface area contributed by atoms with Crippen LogP contribution in [0.2, 0.25) is 0 Å². The molecule has 2 aromatic carbocycles. The van der Waals surface area contributed by atoms with Crippen LogP contribution in [0.1, 0.15) is 148 Å². The van der Waals surface area contributed by atoms with Gasteiger partial charge < -0.3 is 41.7 Å². The first-order valence-corrected chi connectivity index (χ1v) is 27.9. The van der Waals surface area contributed by atoms with Gasteiger partial charge in [0.05, 0.1) is 30.8 Å². The lowest BCUT2D eigenvalue weighted by molar-refractivity contribution is -0.152. The summed E-state index contributed by atoms with van der Waals surface area (Å²) < 4.78 is 0. The van der Waals surface area contributed by atoms with E-state index in [0.29, 0.717) is 51.1 Å². The van der Waals surface area contributed by atoms with Gasteiger partial charge in [0.15, 0.2) is 0 Å². The summed E-state index contributed by atoms with van der Waals surface area (Å²) in [6, 6.07) is 12.3. The van der Waals surface area contributed by atoms with Crippen LogP contribution >= 0.6 is 0 Å². The Morgan fingerprint density at radius 2 is 1.00 bits per heavy atom. The predicted octanol–water partition coefficient (Wildman–Crippen LogP) is 4.83. The number of benzene rings is 2. The smallest absolute Gasteiger partial charge is 0.247 e. The van der Waals surface area contributed by atoms with E-state index in [1.807, 2.05) is 65.8 Å². The van der Waals surface area contributed by atoms with E-state index in [-0.39, 0.29) is 47.5 Å². The van der Waals surface area contributed by atoms with Gasteiger partial charge in [-0.05, 0) is 143 Å². The number of nitrogens with one attached hydrogen (secondary N) is 6. The van der Waals surface area contributed by atoms with E-state index in [2.05, 4.69) is 66.0 Å². The zero-order valence-corrected chi connectivity index (χ0v) is 46.4. The third kappa shape index (κ3) is 13.9. The summed E-state index contributed by atoms with van der Waals surface area (Å²) in [6.07, 6.45) is 10.2. The van der Waals surface area contributed by atoms with E-state index in [0.717, 1.165) is 88.4 Å². The zero-order valence-electron chi connectivity index (χ0n) is 46.4. The van der Waals surface area contributed by atoms with Crippen LogP contribution in [0.15, 0.2) is 48.5 Å². The molecule has 0 bridgehead atoms. The topological polar surface area (TPSA) is 188 Å². The first-order chi connectivity index (χ1) is 35.2. The molecule has 6 N–H and O–H groups in total. The fraction of sp³-hybridized carbons (Fsp3) is 0.690. The van der Waals surface area contributed by atoms with Crippen LogP contribution in [0.5, 0.6) is 0 Å². The second-order valence-corrected chi connectivity index (χ2v) is 24.5. The summed E-state index contributed by atoms with van der Waals surface area (Å²) in [4.78, 5) is 93.4. The lowest BCUT2D eigenvalue weighted by Gasteiger charge is -2.46. The minimum atomic E-state index is -0.838. The number of hydrogen-bond donors (Lipinski definition) is 6. The maximum absolute atomic E-state index is 14.9. The van der Waals surface area contributed by atoms with Crippen LogP contribution in [0.4, 0.5) is 0 Å². The van der Waals surface area contributed by atoms with Gasteiger partial charge in [-0.3, -0.25) is 38.6 Å². The summed E-state index contributed by atoms with van der Waals surface area (Å²) in [6.45, 7) is 19.3. The Hall–Kier alpha value is -4.90. The first kappa shape index (κ1) is 56.8. The molecule has 0 unspecified atom stereocenters. The molecule has 0 aromatic heterocycles. The molecule has 7 rings (SSSR count). The normalized spacial score (nSPS) is 25.5. The highest BCUT2D eigenvalue weighted by Crippen LogP contribution is 2.35. The van der Waals surface area contributed by atoms with E-state index in [1.165, 1.54) is 11.1 Å². The lowest BCUT2D eigenvalue weighted by Crippen LogP contribution is -2.66. The van der Waals surface area contributed by atoms with Crippen LogP contribution in [0.25, 0.3) is 0 Å². The number of aryl methyl sites for hydroxylation is 2. The number of hydrogen-bond acceptors (Lipinski definition) is 10. The Labute approximate surface area is 442 Å². The SMILES string of the molecule is CN[C@@H](C)C(=O)N[C@H](C(=O)N1CCN(CC2CCC(CN3CC[C@@H](C(=O)N[C@@H]4CCCc5ccccc54)N(C(=O)[C@@H](NC(=O)[C@H](C)NC)C(C)(C)C)C3)CC2)C[C@H]1C(=O)N[C@@H]1CCCc2ccccc21)C(C)(C)C. The standard InChI is InChI=1S/C58H90N10O6/c1-37(59-9)51(69)63-49(57(3,4)5)55(73)67-32-31-65(35-48(67)54(72)62-46-24-16-20-42-18-12-14-22-44(42)46)33-39-25-27-40(28-26-39)34-66-30-29-47(53(71)61-45-23-15-19-41-17-11-13-21-43(41)45)68(36-66)56(74)50(58(6,7)8)64-52(70)38(2)60-10/h11-14,17-18,21-22,37-40,45-50,59-60H,15-16,19-20,23-36H2,1-10H3,(H,61,71)(H,62,72)(H,63,69)(H,64,70)/t37-,38-,39?,40?,45+,46+,47-,48-,49+,50+/m0/s1. The molecular weight excluding hydrogens is 933 g/mol. The van der Waals surface area contributed by atoms with E-state index in [9.17, 15) is 28.8 Å². The molecule has 2 saturated heterocycles. The Morgan fingerprint density at radius 1 is 0.554 bits per heavy atom. The predicted molar refractivity (Wildman–Crippen MR) is 289 cm³/mol. The molecular formula is C58H90N10O6. The number of piperazine rings is 1. The van der Waals surface area contributed by atoms with Crippen LogP contribution in [-0.4, -0.2) is 151 Å². The number of nitrogens with zero attached hydrogens (tertiary/aromatic N) is 4. The van der Waals surface area contributed by atoms with Crippen molar-refractivity contribution in [2.75, 3.05) is 60.0 Å². The highest BCUT2D eigenvalue weighted by atomic mass is 16.2. The van der Waals surface area contributed by atoms with Crippen molar-refractivity contribution in [3.05, 3.63) is 70.8 Å². The van der Waals surface area contributed by atoms with Gasteiger partial charge in [-0.1, -0.05) is 90.1 Å². The van der Waals surface area contributed by atoms with Gasteiger partial charge in [0.1, 0.15) is 24.2 Å². The monoisotopic (exact) mass is 1020 g/mol. The van der Waals surface area contributed by atoms with Crippen LogP contribution in [-0.2, 0) is 41.6 Å². The van der Waals surface area contributed by atoms with Crippen molar-refractivity contribution in [1.29, 1.82) is 0 Å². The summed E-state index contributed by atoms with van der Waals surface area (Å²) in [7, 11) is 3.44. The summed E-state index contributed by atoms with van der Waals surface area (Å²) in [5.74, 6) is -0.486. The van der Waals surface area contributed by atoms with Crippen molar-refractivity contribution in [2.45, 2.75) is 174 Å². The average molecular weight is 1020 g/mol. The average Bonchev–Trinajstić information content (AvgIpc) is 3.38. The van der Waals surface area contributed by atoms with Crippen LogP contribution < -0.4 is 31.9 Å². The second-order valence-electron chi connectivity index (χ2n) is 24.5. The molecule has 6 amide bonds. The molecule has 408 valence electrons. The molecule has 16 nitrogen and oxygen atoms in total. The Kier molecular flexibility index (Phi) is 19.1. The van der Waals surface area contributed by atoms with E-state index >= 15 is 0 Å². The van der Waals surface area contributed by atoms with Gasteiger partial charge in [-0.2, -0.15) is 0 Å². The zero-order chi connectivity index (χ0) is 53.5. The Bertz CT molecular complexity index is 2290. The summed E-state index contributed by atoms with van der Waals surface area (Å²) in [5.41, 5.74) is 3.58. The molecule has 5 aliphatic rings. The first-order valence-electron chi connectivity index (χ1n) is 27.9. The van der Waals surface area contributed by atoms with E-state index in [4.69, 9.17) is 0 Å². The van der Waals surface area contributed by atoms with Gasteiger partial charge >= 0.3 is 0 Å². The molecule has 3 fully saturated rings. The molecule has 74 heavy (non-hydrogen) atoms. The van der Waals surface area contributed by atoms with E-state index in [1.54, 1.807) is 37.7 Å². The molecule has 8 atom stereocenters. The molecule has 2 heterocycles. The van der Waals surface area contributed by atoms with E-state index < -0.39 is 47.1 Å². The minimum absolute atomic E-state index is 0.117. The van der Waals surface area contributed by atoms with Gasteiger partial charge in [0.25, 0.3) is 0 Å². The highest BCUT2D eigenvalue weighted by molar-refractivity contribution is 5.95. The van der Waals surface area contributed by atoms with Crippen molar-refractivity contribution in [3.8, 4) is 0 Å². The number of rotatable bonds is 16. The number of amides is 6. The molecule has 2 aliphatic heterocycles. The summed E-state index contributed by atoms with van der Waals surface area (Å²) >= 11 is 0. The lowest BCUT2D eigenvalue weighted by atomic mass is 9.81. The quantitative estimate of drug-likeness (QED) is 0.136. The molecule has 1 saturated carbocycles. The molecule has 2 aromatic rings. The third-order valence-electron chi connectivity index (χ3n) is 16.9. The second kappa shape index (κ2) is 24.8. The largest absolute Gasteiger partial charge is 0.347 e. The van der Waals surface area contributed by atoms with Crippen LogP contribution in [0, 0.1) is 22.7 Å². The molecule has 0 radical (unpaired) electrons. The van der Waals surface area contributed by atoms with Crippen molar-refractivity contribution in [2.24, 2.45) is 22.7 Å². The maximum atomic E-state index is 14.9. The Morgan fingerprint density at radius 3 is 1.47 bits per heavy atom. The van der Waals surface area contributed by atoms with Crippen molar-refractivity contribution in [3.63, 3.8) is 0 Å². The van der Waals surface area contributed by atoms with Gasteiger partial charge in [0.2, 0.25) is 35.4 Å². The Balaban J connectivity index is 1.01. The molecule has 3 aliphatic carbocycles. The third-order valence-corrected chi connectivity index (χ3v) is 16.9. The minimum Gasteiger partial charge on any atom is -0.347 e. The van der Waals surface area contributed by atoms with Crippen molar-refractivity contribution >= 4 is 35.4 Å². The summed E-state index contributed by atoms with van der Waals surface area (Å²) in [5, 5.41) is 18.8. The number of carbonyl (C=O) groups is 6. The number of carbonyl (C=O) groups excluding carboxylic acids is 6. The fourth-order valence-electron chi connectivity index (χ4n) is 12.1. The molecule has 16 heteroatoms. The highest BCUT2D eigenvalue weighted by Gasteiger charge is 2.46. The maximum Gasteiger partial charge on any atom is 0.247 e. The van der Waals surface area contributed by atoms with Gasteiger partial charge in [0, 0.05) is 39.3 Å². The van der Waals surface area contributed by atoms with Crippen molar-refractivity contribution in [1.82, 2.24) is 51.5 Å². The van der Waals surface area contributed by atoms with Crippen molar-refractivity contribution < 1.29 is 28.8 Å². The molecule has 0 spiro atoms.